The van der Waals surface area contributed by atoms with E-state index in [1.807, 2.05) is 0 Å². The van der Waals surface area contributed by atoms with Crippen molar-refractivity contribution in [1.82, 2.24) is 0 Å². The van der Waals surface area contributed by atoms with E-state index in [0.717, 1.165) is 0 Å². The van der Waals surface area contributed by atoms with Gasteiger partial charge in [0.15, 0.2) is 14.1 Å². The average Bonchev–Trinajstić information content (AvgIpc) is 2.40. The molecule has 1 unspecified atom stereocenters. The van der Waals surface area contributed by atoms with Crippen LogP contribution in [-0.2, 0) is 4.43 Å². The third-order valence-corrected chi connectivity index (χ3v) is 9.49. The number of carbonyl (C=O) groups excluding carboxylic acids is 1. The fraction of sp³-hybridized carbons (Fsp3) is 0.500. The van der Waals surface area contributed by atoms with Crippen LogP contribution in [0.4, 0.5) is 4.39 Å². The lowest BCUT2D eigenvalue weighted by Crippen LogP contribution is -2.44. The van der Waals surface area contributed by atoms with Gasteiger partial charge in [-0.1, -0.05) is 26.8 Å². The number of halogens is 2. The van der Waals surface area contributed by atoms with Gasteiger partial charge >= 0.3 is 0 Å². The Morgan fingerprint density at radius 1 is 1.43 bits per heavy atom. The van der Waals surface area contributed by atoms with E-state index in [0.29, 0.717) is 16.5 Å². The number of Topliss-reactive ketones (excluding diaryl/α,β-unsaturated/α-hetero) is 1. The zero-order valence-corrected chi connectivity index (χ0v) is 17.2. The first kappa shape index (κ1) is 20.3. The van der Waals surface area contributed by atoms with Crippen molar-refractivity contribution in [1.29, 1.82) is 0 Å². The third-order valence-electron chi connectivity index (χ3n) is 4.35. The van der Waals surface area contributed by atoms with Crippen molar-refractivity contribution in [2.45, 2.75) is 57.8 Å². The number of hydrogen-bond donors (Lipinski definition) is 0. The molecule has 1 aromatic carbocycles. The summed E-state index contributed by atoms with van der Waals surface area (Å²) >= 11 is 3.12. The van der Waals surface area contributed by atoms with E-state index in [4.69, 9.17) is 4.43 Å². The van der Waals surface area contributed by atoms with Crippen LogP contribution >= 0.6 is 15.9 Å². The Balaban J connectivity index is 2.88. The maximum absolute atomic E-state index is 13.3. The van der Waals surface area contributed by atoms with Gasteiger partial charge in [0.05, 0.1) is 10.6 Å². The Hall–Kier alpha value is -0.783. The van der Waals surface area contributed by atoms with E-state index >= 15 is 0 Å². The molecule has 1 aromatic rings. The van der Waals surface area contributed by atoms with Crippen LogP contribution in [0.5, 0.6) is 0 Å². The highest BCUT2D eigenvalue weighted by molar-refractivity contribution is 9.10. The van der Waals surface area contributed by atoms with E-state index in [1.54, 1.807) is 6.08 Å². The molecular weight excluding hydrogens is 375 g/mol. The summed E-state index contributed by atoms with van der Waals surface area (Å²) in [6, 6.07) is 4.34. The highest BCUT2D eigenvalue weighted by Gasteiger charge is 2.39. The second-order valence-corrected chi connectivity index (χ2v) is 12.9. The van der Waals surface area contributed by atoms with E-state index in [-0.39, 0.29) is 29.2 Å². The van der Waals surface area contributed by atoms with Crippen LogP contribution in [0.15, 0.2) is 35.3 Å². The van der Waals surface area contributed by atoms with Crippen LogP contribution in [0, 0.1) is 5.82 Å². The number of ketones is 1. The summed E-state index contributed by atoms with van der Waals surface area (Å²) in [5, 5.41) is 0.0777. The Bertz CT molecular complexity index is 579. The third kappa shape index (κ3) is 5.66. The van der Waals surface area contributed by atoms with Gasteiger partial charge in [-0.3, -0.25) is 4.79 Å². The Labute approximate surface area is 148 Å². The van der Waals surface area contributed by atoms with Crippen molar-refractivity contribution in [3.8, 4) is 0 Å². The van der Waals surface area contributed by atoms with Crippen molar-refractivity contribution >= 4 is 30.0 Å². The summed E-state index contributed by atoms with van der Waals surface area (Å²) in [6.07, 6.45) is 2.49. The van der Waals surface area contributed by atoms with Crippen molar-refractivity contribution < 1.29 is 13.6 Å². The van der Waals surface area contributed by atoms with Gasteiger partial charge in [-0.05, 0) is 58.7 Å². The van der Waals surface area contributed by atoms with Gasteiger partial charge in [0.1, 0.15) is 5.82 Å². The first-order valence-electron chi connectivity index (χ1n) is 7.75. The molecule has 0 aromatic heterocycles. The second-order valence-electron chi connectivity index (χ2n) is 7.28. The fourth-order valence-corrected chi connectivity index (χ4v) is 3.69. The molecule has 0 fully saturated rings. The molecular formula is C18H26BrFO2Si. The number of carbonyl (C=O) groups is 1. The van der Waals surface area contributed by atoms with Crippen molar-refractivity contribution in [3.63, 3.8) is 0 Å². The van der Waals surface area contributed by atoms with Crippen LogP contribution in [-0.4, -0.2) is 20.2 Å². The van der Waals surface area contributed by atoms with Gasteiger partial charge in [-0.2, -0.15) is 0 Å². The molecule has 1 atom stereocenters. The minimum absolute atomic E-state index is 0.0451. The molecule has 2 nitrogen and oxygen atoms in total. The predicted octanol–water partition coefficient (Wildman–Crippen LogP) is 6.13. The number of hydrogen-bond acceptors (Lipinski definition) is 2. The summed E-state index contributed by atoms with van der Waals surface area (Å²) in [5.41, 5.74) is 0.492. The van der Waals surface area contributed by atoms with Crippen LogP contribution in [0.2, 0.25) is 18.1 Å². The van der Waals surface area contributed by atoms with Gasteiger partial charge in [0.2, 0.25) is 0 Å². The van der Waals surface area contributed by atoms with Crippen molar-refractivity contribution in [2.24, 2.45) is 0 Å². The minimum atomic E-state index is -1.96. The topological polar surface area (TPSA) is 26.3 Å². The summed E-state index contributed by atoms with van der Waals surface area (Å²) < 4.78 is 20.0. The molecule has 1 rings (SSSR count). The fourth-order valence-electron chi connectivity index (χ4n) is 1.95. The van der Waals surface area contributed by atoms with E-state index in [1.165, 1.54) is 18.2 Å². The first-order chi connectivity index (χ1) is 10.5. The van der Waals surface area contributed by atoms with Gasteiger partial charge in [0, 0.05) is 12.0 Å². The van der Waals surface area contributed by atoms with Crippen LogP contribution < -0.4 is 0 Å². The minimum Gasteiger partial charge on any atom is -0.413 e. The van der Waals surface area contributed by atoms with Crippen molar-refractivity contribution in [3.05, 3.63) is 46.7 Å². The molecule has 0 saturated carbocycles. The largest absolute Gasteiger partial charge is 0.413 e. The number of benzene rings is 1. The molecule has 0 aliphatic carbocycles. The maximum Gasteiger partial charge on any atom is 0.192 e. The summed E-state index contributed by atoms with van der Waals surface area (Å²) in [4.78, 5) is 12.5. The molecule has 0 heterocycles. The van der Waals surface area contributed by atoms with Gasteiger partial charge in [-0.15, -0.1) is 6.58 Å². The monoisotopic (exact) mass is 400 g/mol. The van der Waals surface area contributed by atoms with Gasteiger partial charge in [0.25, 0.3) is 0 Å². The summed E-state index contributed by atoms with van der Waals surface area (Å²) in [5.74, 6) is -0.419. The Kier molecular flexibility index (Phi) is 6.92. The molecule has 0 spiro atoms. The van der Waals surface area contributed by atoms with E-state index in [2.05, 4.69) is 56.4 Å². The summed E-state index contributed by atoms with van der Waals surface area (Å²) in [6.45, 7) is 14.6. The van der Waals surface area contributed by atoms with E-state index in [9.17, 15) is 9.18 Å². The van der Waals surface area contributed by atoms with Crippen molar-refractivity contribution in [2.75, 3.05) is 0 Å². The normalized spacial score (nSPS) is 13.7. The molecule has 0 aliphatic heterocycles. The van der Waals surface area contributed by atoms with Crippen LogP contribution in [0.25, 0.3) is 0 Å². The lowest BCUT2D eigenvalue weighted by Gasteiger charge is -2.39. The molecule has 0 radical (unpaired) electrons. The maximum atomic E-state index is 13.3. The molecule has 0 amide bonds. The predicted molar refractivity (Wildman–Crippen MR) is 99.9 cm³/mol. The lowest BCUT2D eigenvalue weighted by molar-refractivity contribution is 0.0895. The summed E-state index contributed by atoms with van der Waals surface area (Å²) in [7, 11) is -1.96. The first-order valence-corrected chi connectivity index (χ1v) is 11.4. The second kappa shape index (κ2) is 7.86. The van der Waals surface area contributed by atoms with Crippen LogP contribution in [0.1, 0.15) is 44.0 Å². The molecule has 5 heteroatoms. The molecule has 0 aliphatic rings. The molecule has 0 saturated heterocycles. The standard InChI is InChI=1S/C18H26BrFO2Si/c1-7-8-14(22-23(5,6)18(2,3)4)12-17(21)13-9-10-16(20)15(19)11-13/h7,9-11,14H,1,8,12H2,2-6H3. The van der Waals surface area contributed by atoms with Gasteiger partial charge in [-0.25, -0.2) is 4.39 Å². The number of rotatable bonds is 7. The highest BCUT2D eigenvalue weighted by atomic mass is 79.9. The molecule has 128 valence electrons. The quantitative estimate of drug-likeness (QED) is 0.312. The average molecular weight is 401 g/mol. The Morgan fingerprint density at radius 3 is 2.52 bits per heavy atom. The molecule has 0 bridgehead atoms. The zero-order valence-electron chi connectivity index (χ0n) is 14.6. The molecule has 0 N–H and O–H groups in total. The lowest BCUT2D eigenvalue weighted by atomic mass is 10.0. The highest BCUT2D eigenvalue weighted by Crippen LogP contribution is 2.38. The van der Waals surface area contributed by atoms with E-state index < -0.39 is 8.32 Å². The van der Waals surface area contributed by atoms with Crippen LogP contribution in [0.3, 0.4) is 0 Å². The van der Waals surface area contributed by atoms with Gasteiger partial charge < -0.3 is 4.43 Å². The SMILES string of the molecule is C=CCC(CC(=O)c1ccc(F)c(Br)c1)O[Si](C)(C)C(C)(C)C. The molecule has 23 heavy (non-hydrogen) atoms. The Morgan fingerprint density at radius 2 is 2.04 bits per heavy atom. The smallest absolute Gasteiger partial charge is 0.192 e. The zero-order chi connectivity index (χ0) is 17.8.